The average Bonchev–Trinajstić information content (AvgIpc) is 3.48. The van der Waals surface area contributed by atoms with Crippen molar-refractivity contribution < 1.29 is 23.5 Å². The van der Waals surface area contributed by atoms with Crippen LogP contribution in [0, 0.1) is 5.92 Å². The third-order valence-electron chi connectivity index (χ3n) is 12.6. The Kier molecular flexibility index (Phi) is 9.04. The van der Waals surface area contributed by atoms with Gasteiger partial charge < -0.3 is 24.5 Å². The molecule has 9 nitrogen and oxygen atoms in total. The van der Waals surface area contributed by atoms with E-state index in [-0.39, 0.29) is 23.1 Å². The first-order chi connectivity index (χ1) is 25.0. The molecule has 8 rings (SSSR count). The van der Waals surface area contributed by atoms with Crippen molar-refractivity contribution in [2.24, 2.45) is 5.92 Å². The molecule has 3 aliphatic heterocycles. The Bertz CT molecular complexity index is 2070. The molecule has 5 heterocycles. The highest BCUT2D eigenvalue weighted by atomic mass is 33.1. The van der Waals surface area contributed by atoms with Crippen LogP contribution in [0.4, 0.5) is 5.82 Å². The van der Waals surface area contributed by atoms with Gasteiger partial charge in [-0.3, -0.25) is 4.79 Å². The number of aromatic nitrogens is 1. The van der Waals surface area contributed by atoms with Crippen molar-refractivity contribution in [3.8, 4) is 5.75 Å². The number of hydrogen-bond donors (Lipinski definition) is 1. The number of carbonyl (C=O) groups is 2. The highest BCUT2D eigenvalue weighted by molar-refractivity contribution is 8.77. The molecule has 1 saturated carbocycles. The molecule has 5 unspecified atom stereocenters. The number of allylic oxidation sites excluding steroid dienone is 1. The van der Waals surface area contributed by atoms with E-state index in [1.165, 1.54) is 25.3 Å². The van der Waals surface area contributed by atoms with E-state index in [4.69, 9.17) is 19.6 Å². The van der Waals surface area contributed by atoms with Crippen molar-refractivity contribution in [1.82, 2.24) is 9.88 Å². The number of esters is 1. The number of hydrogen-bond acceptors (Lipinski definition) is 10. The molecule has 2 aromatic heterocycles. The Labute approximate surface area is 312 Å². The first-order valence-electron chi connectivity index (χ1n) is 18.6. The van der Waals surface area contributed by atoms with Crippen molar-refractivity contribution in [2.45, 2.75) is 113 Å². The molecule has 2 N–H and O–H groups in total. The summed E-state index contributed by atoms with van der Waals surface area (Å²) >= 11 is 0. The predicted molar refractivity (Wildman–Crippen MR) is 206 cm³/mol. The molecule has 5 aliphatic rings. The van der Waals surface area contributed by atoms with Crippen molar-refractivity contribution in [3.63, 3.8) is 0 Å². The lowest BCUT2D eigenvalue weighted by Gasteiger charge is -2.58. The molecule has 1 amide bonds. The summed E-state index contributed by atoms with van der Waals surface area (Å²) in [7, 11) is 3.88. The van der Waals surface area contributed by atoms with Gasteiger partial charge in [0.2, 0.25) is 5.91 Å². The molecule has 52 heavy (non-hydrogen) atoms. The minimum Gasteiger partial charge on any atom is -0.481 e. The number of amides is 1. The maximum atomic E-state index is 14.5. The average molecular weight is 742 g/mol. The monoisotopic (exact) mass is 741 g/mol. The van der Waals surface area contributed by atoms with E-state index < -0.39 is 28.7 Å². The van der Waals surface area contributed by atoms with Gasteiger partial charge in [-0.2, -0.15) is 0 Å². The molecule has 2 spiro atoms. The Morgan fingerprint density at radius 3 is 2.73 bits per heavy atom. The van der Waals surface area contributed by atoms with E-state index in [1.54, 1.807) is 31.3 Å². The summed E-state index contributed by atoms with van der Waals surface area (Å²) in [4.78, 5) is 47.1. The van der Waals surface area contributed by atoms with E-state index in [0.29, 0.717) is 41.5 Å². The number of nitrogen functional groups attached to an aromatic ring is 1. The molecule has 5 atom stereocenters. The van der Waals surface area contributed by atoms with Crippen LogP contribution in [0.25, 0.3) is 11.0 Å². The summed E-state index contributed by atoms with van der Waals surface area (Å²) in [6, 6.07) is 9.08. The third kappa shape index (κ3) is 5.68. The summed E-state index contributed by atoms with van der Waals surface area (Å²) in [6.07, 6.45) is 13.7. The highest BCUT2D eigenvalue weighted by Gasteiger charge is 2.64. The second kappa shape index (κ2) is 13.3. The Morgan fingerprint density at radius 1 is 1.15 bits per heavy atom. The normalized spacial score (nSPS) is 29.8. The van der Waals surface area contributed by atoms with Crippen molar-refractivity contribution in [1.29, 1.82) is 0 Å². The van der Waals surface area contributed by atoms with Gasteiger partial charge in [-0.1, -0.05) is 65.5 Å². The maximum absolute atomic E-state index is 14.5. The fourth-order valence-corrected chi connectivity index (χ4v) is 13.3. The minimum atomic E-state index is -1.13. The van der Waals surface area contributed by atoms with Gasteiger partial charge in [0.1, 0.15) is 17.2 Å². The Morgan fingerprint density at radius 2 is 1.96 bits per heavy atom. The number of rotatable bonds is 3. The molecule has 2 fully saturated rings. The van der Waals surface area contributed by atoms with Crippen LogP contribution in [-0.2, 0) is 27.2 Å². The largest absolute Gasteiger partial charge is 0.481 e. The lowest BCUT2D eigenvalue weighted by atomic mass is 9.61. The fourth-order valence-electron chi connectivity index (χ4n) is 9.59. The molecule has 3 aromatic rings. The number of anilines is 1. The SMILES string of the molecule is CC=C(C)C(=O)OC1(C)CC=C2CSSC3(CCCCC3)C3C(CC)CN3C(=O)Cc3cnc(N)cc3C2C12Cc1cc3ccc(=O)oc3cc1O2. The van der Waals surface area contributed by atoms with Crippen LogP contribution in [0.2, 0.25) is 0 Å². The molecule has 274 valence electrons. The number of benzene rings is 1. The van der Waals surface area contributed by atoms with E-state index in [0.717, 1.165) is 59.2 Å². The molecule has 1 aromatic carbocycles. The summed E-state index contributed by atoms with van der Waals surface area (Å²) in [5.74, 6) is 1.42. The summed E-state index contributed by atoms with van der Waals surface area (Å²) in [5.41, 5.74) is 8.47. The van der Waals surface area contributed by atoms with Crippen LogP contribution in [0.15, 0.2) is 69.0 Å². The van der Waals surface area contributed by atoms with E-state index in [9.17, 15) is 14.4 Å². The summed E-state index contributed by atoms with van der Waals surface area (Å²) < 4.78 is 19.4. The maximum Gasteiger partial charge on any atom is 0.336 e. The molecular formula is C41H47N3O6S2. The molecule has 0 bridgehead atoms. The number of fused-ring (bicyclic) bond motifs is 8. The summed E-state index contributed by atoms with van der Waals surface area (Å²) in [6.45, 7) is 8.58. The first kappa shape index (κ1) is 35.3. The zero-order chi connectivity index (χ0) is 36.4. The van der Waals surface area contributed by atoms with Gasteiger partial charge in [0.25, 0.3) is 0 Å². The highest BCUT2D eigenvalue weighted by Crippen LogP contribution is 2.60. The topological polar surface area (TPSA) is 125 Å². The van der Waals surface area contributed by atoms with Crippen LogP contribution in [-0.4, -0.2) is 56.0 Å². The van der Waals surface area contributed by atoms with Crippen LogP contribution in [0.1, 0.15) is 95.2 Å². The first-order valence-corrected chi connectivity index (χ1v) is 21.0. The van der Waals surface area contributed by atoms with E-state index >= 15 is 0 Å². The Balaban J connectivity index is 1.31. The van der Waals surface area contributed by atoms with Crippen LogP contribution < -0.4 is 16.1 Å². The van der Waals surface area contributed by atoms with Crippen LogP contribution in [0.5, 0.6) is 5.75 Å². The van der Waals surface area contributed by atoms with Gasteiger partial charge >= 0.3 is 11.6 Å². The smallest absolute Gasteiger partial charge is 0.336 e. The third-order valence-corrected chi connectivity index (χ3v) is 15.8. The van der Waals surface area contributed by atoms with Gasteiger partial charge in [0.15, 0.2) is 11.2 Å². The second-order valence-corrected chi connectivity index (χ2v) is 18.3. The van der Waals surface area contributed by atoms with Gasteiger partial charge in [-0.05, 0) is 80.8 Å². The van der Waals surface area contributed by atoms with Crippen molar-refractivity contribution in [2.75, 3.05) is 18.0 Å². The predicted octanol–water partition coefficient (Wildman–Crippen LogP) is 7.70. The van der Waals surface area contributed by atoms with Crippen LogP contribution in [0.3, 0.4) is 0 Å². The quantitative estimate of drug-likeness (QED) is 0.0939. The van der Waals surface area contributed by atoms with Crippen LogP contribution >= 0.6 is 21.6 Å². The van der Waals surface area contributed by atoms with Crippen molar-refractivity contribution in [3.05, 3.63) is 86.9 Å². The number of pyridine rings is 1. The van der Waals surface area contributed by atoms with Crippen molar-refractivity contribution >= 4 is 50.3 Å². The Hall–Kier alpha value is -3.70. The van der Waals surface area contributed by atoms with E-state index in [1.807, 2.05) is 47.6 Å². The molecule has 11 heteroatoms. The summed E-state index contributed by atoms with van der Waals surface area (Å²) in [5, 5.41) is 0.784. The number of carbonyl (C=O) groups excluding carboxylic acids is 2. The standard InChI is InChI=1S/C41H47N3O6S2/c1-5-24(3)38(47)50-39(4)15-12-27-23-51-52-40(13-8-7-9-14-40)37-25(6-2)22-44(37)34(45)17-29-21-43-33(42)18-30(29)36(27)41(39)20-28-16-26-10-11-35(46)48-31(26)19-32(28)49-41/h5,10-12,16,18-19,21,25,36-37H,6-9,13-15,17,20,22-23H2,1-4H3,(H2,42,43). The minimum absolute atomic E-state index is 0.000512. The molecular weight excluding hydrogens is 695 g/mol. The molecule has 2 aliphatic carbocycles. The molecule has 1 saturated heterocycles. The lowest BCUT2D eigenvalue weighted by Crippen LogP contribution is -2.67. The fraction of sp³-hybridized carbons (Fsp3) is 0.512. The van der Waals surface area contributed by atoms with E-state index in [2.05, 4.69) is 22.9 Å². The number of nitrogens with zero attached hydrogens (tertiary/aromatic N) is 2. The lowest BCUT2D eigenvalue weighted by molar-refractivity contribution is -0.183. The number of nitrogens with two attached hydrogens (primary N) is 1. The van der Waals surface area contributed by atoms with Gasteiger partial charge in [-0.15, -0.1) is 0 Å². The molecule has 0 radical (unpaired) electrons. The van der Waals surface area contributed by atoms with Gasteiger partial charge in [0.05, 0.1) is 18.4 Å². The zero-order valence-corrected chi connectivity index (χ0v) is 32.0. The second-order valence-electron chi connectivity index (χ2n) is 15.5. The van der Waals surface area contributed by atoms with Gasteiger partial charge in [-0.25, -0.2) is 14.6 Å². The number of ether oxygens (including phenoxy) is 2. The zero-order valence-electron chi connectivity index (χ0n) is 30.4. The van der Waals surface area contributed by atoms with Gasteiger partial charge in [0, 0.05) is 59.2 Å².